The van der Waals surface area contributed by atoms with Gasteiger partial charge in [0.2, 0.25) is 0 Å². The molecule has 0 spiro atoms. The van der Waals surface area contributed by atoms with Crippen LogP contribution >= 0.6 is 15.9 Å². The molecule has 0 heterocycles. The van der Waals surface area contributed by atoms with Crippen molar-refractivity contribution in [1.82, 2.24) is 5.32 Å². The molecule has 0 aromatic heterocycles. The molecule has 0 aliphatic carbocycles. The number of benzene rings is 1. The topological polar surface area (TPSA) is 29.1 Å². The van der Waals surface area contributed by atoms with Gasteiger partial charge in [0.15, 0.2) is 0 Å². The lowest BCUT2D eigenvalue weighted by Crippen LogP contribution is -2.24. The molecule has 0 fully saturated rings. The fourth-order valence-corrected chi connectivity index (χ4v) is 3.00. The van der Waals surface area contributed by atoms with Crippen molar-refractivity contribution in [2.75, 3.05) is 12.3 Å². The van der Waals surface area contributed by atoms with Crippen molar-refractivity contribution < 1.29 is 4.21 Å². The van der Waals surface area contributed by atoms with E-state index in [1.165, 1.54) is 0 Å². The average molecular weight is 304 g/mol. The maximum Gasteiger partial charge on any atom is 0.0530 e. The monoisotopic (exact) mass is 303 g/mol. The second-order valence-electron chi connectivity index (χ2n) is 3.97. The molecule has 1 aromatic carbocycles. The first-order valence-electron chi connectivity index (χ1n) is 5.47. The van der Waals surface area contributed by atoms with Crippen molar-refractivity contribution >= 4 is 26.7 Å². The van der Waals surface area contributed by atoms with Gasteiger partial charge >= 0.3 is 0 Å². The Morgan fingerprint density at radius 1 is 1.44 bits per heavy atom. The minimum Gasteiger partial charge on any atom is -0.315 e. The van der Waals surface area contributed by atoms with Crippen molar-refractivity contribution in [3.8, 4) is 0 Å². The number of hydrogen-bond acceptors (Lipinski definition) is 2. The number of hydrogen-bond donors (Lipinski definition) is 1. The summed E-state index contributed by atoms with van der Waals surface area (Å²) >= 11 is 3.38. The van der Waals surface area contributed by atoms with E-state index in [9.17, 15) is 4.21 Å². The van der Waals surface area contributed by atoms with Crippen molar-refractivity contribution in [2.24, 2.45) is 0 Å². The third-order valence-electron chi connectivity index (χ3n) is 2.12. The SMILES string of the molecule is CC(C)NCCCS(=O)c1cccc(Br)c1. The third kappa shape index (κ3) is 5.23. The molecule has 1 N–H and O–H groups in total. The summed E-state index contributed by atoms with van der Waals surface area (Å²) in [6.45, 7) is 5.16. The summed E-state index contributed by atoms with van der Waals surface area (Å²) in [7, 11) is -0.878. The predicted octanol–water partition coefficient (Wildman–Crippen LogP) is 2.94. The summed E-state index contributed by atoms with van der Waals surface area (Å²) in [5, 5.41) is 3.32. The highest BCUT2D eigenvalue weighted by atomic mass is 79.9. The number of nitrogens with one attached hydrogen (secondary N) is 1. The standard InChI is InChI=1S/C12H18BrNOS/c1-10(2)14-7-4-8-16(15)12-6-3-5-11(13)9-12/h3,5-6,9-10,14H,4,7-8H2,1-2H3. The molecule has 0 aliphatic rings. The first kappa shape index (κ1) is 13.9. The van der Waals surface area contributed by atoms with Crippen LogP contribution in [-0.4, -0.2) is 22.5 Å². The predicted molar refractivity (Wildman–Crippen MR) is 73.2 cm³/mol. The summed E-state index contributed by atoms with van der Waals surface area (Å²) in [6, 6.07) is 8.20. The van der Waals surface area contributed by atoms with E-state index in [0.717, 1.165) is 28.1 Å². The molecular formula is C12H18BrNOS. The molecule has 4 heteroatoms. The van der Waals surface area contributed by atoms with Gasteiger partial charge in [0, 0.05) is 21.2 Å². The van der Waals surface area contributed by atoms with E-state index < -0.39 is 10.8 Å². The zero-order valence-electron chi connectivity index (χ0n) is 9.70. The van der Waals surface area contributed by atoms with Gasteiger partial charge in [-0.2, -0.15) is 0 Å². The summed E-state index contributed by atoms with van der Waals surface area (Å²) in [6.07, 6.45) is 0.942. The van der Waals surface area contributed by atoms with E-state index in [0.29, 0.717) is 6.04 Å². The van der Waals surface area contributed by atoms with Crippen LogP contribution in [0.2, 0.25) is 0 Å². The molecule has 90 valence electrons. The van der Waals surface area contributed by atoms with Gasteiger partial charge in [-0.15, -0.1) is 0 Å². The van der Waals surface area contributed by atoms with Crippen molar-refractivity contribution in [1.29, 1.82) is 0 Å². The van der Waals surface area contributed by atoms with Crippen molar-refractivity contribution in [3.05, 3.63) is 28.7 Å². The van der Waals surface area contributed by atoms with Gasteiger partial charge in [0.05, 0.1) is 10.8 Å². The molecule has 1 rings (SSSR count). The molecule has 0 saturated carbocycles. The lowest BCUT2D eigenvalue weighted by molar-refractivity contribution is 0.583. The van der Waals surface area contributed by atoms with E-state index in [1.807, 2.05) is 24.3 Å². The van der Waals surface area contributed by atoms with Gasteiger partial charge in [0.1, 0.15) is 0 Å². The molecule has 2 nitrogen and oxygen atoms in total. The van der Waals surface area contributed by atoms with Crippen LogP contribution in [0.25, 0.3) is 0 Å². The highest BCUT2D eigenvalue weighted by Crippen LogP contribution is 2.15. The van der Waals surface area contributed by atoms with Gasteiger partial charge in [-0.25, -0.2) is 0 Å². The molecule has 0 amide bonds. The lowest BCUT2D eigenvalue weighted by Gasteiger charge is -2.07. The fraction of sp³-hybridized carbons (Fsp3) is 0.500. The molecule has 1 unspecified atom stereocenters. The van der Waals surface area contributed by atoms with Crippen LogP contribution in [0.4, 0.5) is 0 Å². The molecule has 0 saturated heterocycles. The Labute approximate surface area is 108 Å². The fourth-order valence-electron chi connectivity index (χ4n) is 1.32. The molecule has 1 aromatic rings. The Balaban J connectivity index is 2.35. The Hall–Kier alpha value is -0.190. The van der Waals surface area contributed by atoms with Crippen LogP contribution in [0.15, 0.2) is 33.6 Å². The number of halogens is 1. The largest absolute Gasteiger partial charge is 0.315 e. The highest BCUT2D eigenvalue weighted by molar-refractivity contribution is 9.10. The van der Waals surface area contributed by atoms with Crippen LogP contribution in [0.1, 0.15) is 20.3 Å². The number of rotatable bonds is 6. The van der Waals surface area contributed by atoms with E-state index in [-0.39, 0.29) is 0 Å². The van der Waals surface area contributed by atoms with Crippen LogP contribution in [0.5, 0.6) is 0 Å². The zero-order chi connectivity index (χ0) is 12.0. The first-order valence-corrected chi connectivity index (χ1v) is 7.58. The Bertz CT molecular complexity index is 355. The quantitative estimate of drug-likeness (QED) is 0.819. The molecule has 1 atom stereocenters. The lowest BCUT2D eigenvalue weighted by atomic mass is 10.4. The maximum atomic E-state index is 11.9. The summed E-state index contributed by atoms with van der Waals surface area (Å²) < 4.78 is 12.9. The van der Waals surface area contributed by atoms with E-state index in [1.54, 1.807) is 0 Å². The molecule has 0 bridgehead atoms. The molecule has 0 radical (unpaired) electrons. The molecule has 0 aliphatic heterocycles. The smallest absolute Gasteiger partial charge is 0.0530 e. The van der Waals surface area contributed by atoms with Crippen molar-refractivity contribution in [2.45, 2.75) is 31.2 Å². The zero-order valence-corrected chi connectivity index (χ0v) is 12.1. The summed E-state index contributed by atoms with van der Waals surface area (Å²) in [5.74, 6) is 0.718. The van der Waals surface area contributed by atoms with Gasteiger partial charge < -0.3 is 5.32 Å². The second-order valence-corrected chi connectivity index (χ2v) is 6.46. The van der Waals surface area contributed by atoms with Crippen LogP contribution in [-0.2, 0) is 10.8 Å². The van der Waals surface area contributed by atoms with Crippen molar-refractivity contribution in [3.63, 3.8) is 0 Å². The van der Waals surface area contributed by atoms with Gasteiger partial charge in [-0.1, -0.05) is 35.8 Å². The second kappa shape index (κ2) is 7.20. The summed E-state index contributed by atoms with van der Waals surface area (Å²) in [5.41, 5.74) is 0. The molecule has 16 heavy (non-hydrogen) atoms. The van der Waals surface area contributed by atoms with Crippen LogP contribution in [0.3, 0.4) is 0 Å². The minimum absolute atomic E-state index is 0.499. The van der Waals surface area contributed by atoms with Gasteiger partial charge in [-0.3, -0.25) is 4.21 Å². The van der Waals surface area contributed by atoms with E-state index in [4.69, 9.17) is 0 Å². The maximum absolute atomic E-state index is 11.9. The normalized spacial score (nSPS) is 13.0. The van der Waals surface area contributed by atoms with Gasteiger partial charge in [0.25, 0.3) is 0 Å². The van der Waals surface area contributed by atoms with Gasteiger partial charge in [-0.05, 0) is 31.2 Å². The van der Waals surface area contributed by atoms with E-state index >= 15 is 0 Å². The molecular weight excluding hydrogens is 286 g/mol. The average Bonchev–Trinajstić information content (AvgIpc) is 2.24. The summed E-state index contributed by atoms with van der Waals surface area (Å²) in [4.78, 5) is 0.902. The van der Waals surface area contributed by atoms with E-state index in [2.05, 4.69) is 35.1 Å². The Morgan fingerprint density at radius 2 is 2.19 bits per heavy atom. The van der Waals surface area contributed by atoms with Crippen LogP contribution < -0.4 is 5.32 Å². The first-order chi connectivity index (χ1) is 7.59. The highest BCUT2D eigenvalue weighted by Gasteiger charge is 2.03. The third-order valence-corrected chi connectivity index (χ3v) is 4.05. The minimum atomic E-state index is -0.878. The van der Waals surface area contributed by atoms with Crippen LogP contribution in [0, 0.1) is 0 Å². The Kier molecular flexibility index (Phi) is 6.24. The Morgan fingerprint density at radius 3 is 2.81 bits per heavy atom.